The van der Waals surface area contributed by atoms with E-state index >= 15 is 0 Å². The first-order valence-corrected chi connectivity index (χ1v) is 12.4. The van der Waals surface area contributed by atoms with Crippen LogP contribution in [0.4, 0.5) is 0 Å². The number of morpholine rings is 1. The first kappa shape index (κ1) is 23.5. The van der Waals surface area contributed by atoms with E-state index in [0.717, 1.165) is 74.1 Å². The Bertz CT molecular complexity index is 1140. The van der Waals surface area contributed by atoms with Crippen LogP contribution in [0.3, 0.4) is 0 Å². The Hall–Kier alpha value is -3.29. The number of aromatic nitrogens is 2. The van der Waals surface area contributed by atoms with E-state index < -0.39 is 0 Å². The van der Waals surface area contributed by atoms with Crippen LogP contribution in [0.1, 0.15) is 46.2 Å². The minimum absolute atomic E-state index is 0.116. The highest BCUT2D eigenvalue weighted by Gasteiger charge is 2.28. The molecule has 7 nitrogen and oxygen atoms in total. The fourth-order valence-electron chi connectivity index (χ4n) is 4.78. The standard InChI is InChI=1S/C28H32N4O3/c1-21-19-26(35-24-8-3-2-4-9-24)30-27(29-21)22-11-13-32(14-12-22)28(33)25-10-6-5-7-23(25)20-31-15-17-34-18-16-31/h2-10,19,22H,11-18,20H2,1H3. The number of para-hydroxylation sites is 1. The molecule has 0 aliphatic carbocycles. The fraction of sp³-hybridized carbons (Fsp3) is 0.393. The quantitative estimate of drug-likeness (QED) is 0.529. The molecule has 0 saturated carbocycles. The summed E-state index contributed by atoms with van der Waals surface area (Å²) >= 11 is 0. The van der Waals surface area contributed by atoms with Gasteiger partial charge < -0.3 is 14.4 Å². The van der Waals surface area contributed by atoms with Crippen molar-refractivity contribution in [1.29, 1.82) is 0 Å². The second-order valence-corrected chi connectivity index (χ2v) is 9.23. The van der Waals surface area contributed by atoms with Crippen LogP contribution >= 0.6 is 0 Å². The van der Waals surface area contributed by atoms with Gasteiger partial charge in [0.2, 0.25) is 5.88 Å². The lowest BCUT2D eigenvalue weighted by atomic mass is 9.94. The highest BCUT2D eigenvalue weighted by molar-refractivity contribution is 5.95. The Morgan fingerprint density at radius 1 is 0.971 bits per heavy atom. The number of hydrogen-bond donors (Lipinski definition) is 0. The molecule has 182 valence electrons. The third-order valence-corrected chi connectivity index (χ3v) is 6.71. The zero-order chi connectivity index (χ0) is 24.0. The smallest absolute Gasteiger partial charge is 0.254 e. The third kappa shape index (κ3) is 5.86. The highest BCUT2D eigenvalue weighted by Crippen LogP contribution is 2.29. The molecule has 7 heteroatoms. The van der Waals surface area contributed by atoms with Gasteiger partial charge in [-0.05, 0) is 43.5 Å². The Labute approximate surface area is 206 Å². The van der Waals surface area contributed by atoms with E-state index in [0.29, 0.717) is 19.0 Å². The highest BCUT2D eigenvalue weighted by atomic mass is 16.5. The first-order chi connectivity index (χ1) is 17.2. The van der Waals surface area contributed by atoms with Gasteiger partial charge >= 0.3 is 0 Å². The summed E-state index contributed by atoms with van der Waals surface area (Å²) in [6.45, 7) is 7.45. The van der Waals surface area contributed by atoms with Crippen LogP contribution in [0.5, 0.6) is 11.6 Å². The summed E-state index contributed by atoms with van der Waals surface area (Å²) in [4.78, 5) is 27.2. The monoisotopic (exact) mass is 472 g/mol. The lowest BCUT2D eigenvalue weighted by Crippen LogP contribution is -2.39. The number of nitrogens with zero attached hydrogens (tertiary/aromatic N) is 4. The van der Waals surface area contributed by atoms with E-state index in [1.165, 1.54) is 0 Å². The van der Waals surface area contributed by atoms with Crippen molar-refractivity contribution in [3.05, 3.63) is 83.3 Å². The summed E-state index contributed by atoms with van der Waals surface area (Å²) in [6.07, 6.45) is 1.68. The van der Waals surface area contributed by atoms with Crippen molar-refractivity contribution in [2.75, 3.05) is 39.4 Å². The number of benzene rings is 2. The van der Waals surface area contributed by atoms with E-state index in [-0.39, 0.29) is 11.8 Å². The number of carbonyl (C=O) groups excluding carboxylic acids is 1. The number of rotatable bonds is 6. The molecule has 0 bridgehead atoms. The predicted octanol–water partition coefficient (Wildman–Crippen LogP) is 4.43. The third-order valence-electron chi connectivity index (χ3n) is 6.71. The van der Waals surface area contributed by atoms with E-state index in [4.69, 9.17) is 19.4 Å². The normalized spacial score (nSPS) is 17.3. The van der Waals surface area contributed by atoms with Gasteiger partial charge in [0.1, 0.15) is 11.6 Å². The Morgan fingerprint density at radius 3 is 2.46 bits per heavy atom. The molecule has 2 aliphatic heterocycles. The van der Waals surface area contributed by atoms with Gasteiger partial charge in [-0.2, -0.15) is 4.98 Å². The molecule has 2 aromatic carbocycles. The molecule has 1 amide bonds. The maximum absolute atomic E-state index is 13.4. The van der Waals surface area contributed by atoms with Crippen LogP contribution in [0, 0.1) is 6.92 Å². The molecule has 1 aromatic heterocycles. The van der Waals surface area contributed by atoms with Crippen molar-refractivity contribution in [2.24, 2.45) is 0 Å². The molecule has 2 aliphatic rings. The molecule has 0 radical (unpaired) electrons. The predicted molar refractivity (Wildman–Crippen MR) is 134 cm³/mol. The number of piperidine rings is 1. The van der Waals surface area contributed by atoms with Crippen molar-refractivity contribution in [3.8, 4) is 11.6 Å². The van der Waals surface area contributed by atoms with Gasteiger partial charge in [0.15, 0.2) is 0 Å². The van der Waals surface area contributed by atoms with Gasteiger partial charge in [-0.15, -0.1) is 0 Å². The maximum Gasteiger partial charge on any atom is 0.254 e. The molecule has 0 unspecified atom stereocenters. The molecule has 3 aromatic rings. The molecular weight excluding hydrogens is 440 g/mol. The van der Waals surface area contributed by atoms with Gasteiger partial charge in [-0.1, -0.05) is 36.4 Å². The van der Waals surface area contributed by atoms with Crippen LogP contribution < -0.4 is 4.74 Å². The van der Waals surface area contributed by atoms with Crippen LogP contribution in [0.15, 0.2) is 60.7 Å². The van der Waals surface area contributed by atoms with Gasteiger partial charge in [0.25, 0.3) is 5.91 Å². The lowest BCUT2D eigenvalue weighted by molar-refractivity contribution is 0.0339. The maximum atomic E-state index is 13.4. The topological polar surface area (TPSA) is 67.8 Å². The summed E-state index contributed by atoms with van der Waals surface area (Å²) in [6, 6.07) is 19.5. The second kappa shape index (κ2) is 11.0. The van der Waals surface area contributed by atoms with Crippen molar-refractivity contribution in [1.82, 2.24) is 19.8 Å². The molecule has 0 spiro atoms. The van der Waals surface area contributed by atoms with Gasteiger partial charge in [0.05, 0.1) is 13.2 Å². The van der Waals surface area contributed by atoms with E-state index in [1.54, 1.807) is 0 Å². The zero-order valence-electron chi connectivity index (χ0n) is 20.2. The second-order valence-electron chi connectivity index (χ2n) is 9.23. The van der Waals surface area contributed by atoms with Crippen molar-refractivity contribution in [2.45, 2.75) is 32.2 Å². The minimum Gasteiger partial charge on any atom is -0.439 e. The molecular formula is C28H32N4O3. The van der Waals surface area contributed by atoms with E-state index in [9.17, 15) is 4.79 Å². The summed E-state index contributed by atoms with van der Waals surface area (Å²) in [5.41, 5.74) is 2.78. The SMILES string of the molecule is Cc1cc(Oc2ccccc2)nc(C2CCN(C(=O)c3ccccc3CN3CCOCC3)CC2)n1. The summed E-state index contributed by atoms with van der Waals surface area (Å²) in [5.74, 6) is 2.45. The van der Waals surface area contributed by atoms with Gasteiger partial charge in [-0.25, -0.2) is 4.98 Å². The molecule has 0 N–H and O–H groups in total. The molecule has 2 fully saturated rings. The number of hydrogen-bond acceptors (Lipinski definition) is 6. The molecule has 2 saturated heterocycles. The fourth-order valence-corrected chi connectivity index (χ4v) is 4.78. The van der Waals surface area contributed by atoms with Crippen molar-refractivity contribution in [3.63, 3.8) is 0 Å². The number of aryl methyl sites for hydroxylation is 1. The minimum atomic E-state index is 0.116. The van der Waals surface area contributed by atoms with Crippen LogP contribution in [0.2, 0.25) is 0 Å². The number of ether oxygens (including phenoxy) is 2. The lowest BCUT2D eigenvalue weighted by Gasteiger charge is -2.32. The van der Waals surface area contributed by atoms with Crippen LogP contribution in [0.25, 0.3) is 0 Å². The largest absolute Gasteiger partial charge is 0.439 e. The Kier molecular flexibility index (Phi) is 7.35. The van der Waals surface area contributed by atoms with Gasteiger partial charge in [0, 0.05) is 56.0 Å². The van der Waals surface area contributed by atoms with Crippen molar-refractivity contribution < 1.29 is 14.3 Å². The molecule has 5 rings (SSSR count). The molecule has 0 atom stereocenters. The average molecular weight is 473 g/mol. The molecule has 35 heavy (non-hydrogen) atoms. The van der Waals surface area contributed by atoms with E-state index in [1.807, 2.05) is 66.4 Å². The molecule has 3 heterocycles. The summed E-state index contributed by atoms with van der Waals surface area (Å²) in [7, 11) is 0. The van der Waals surface area contributed by atoms with Crippen LogP contribution in [-0.2, 0) is 11.3 Å². The zero-order valence-corrected chi connectivity index (χ0v) is 20.2. The number of carbonyl (C=O) groups is 1. The Balaban J connectivity index is 1.24. The van der Waals surface area contributed by atoms with Crippen molar-refractivity contribution >= 4 is 5.91 Å². The number of likely N-dealkylation sites (tertiary alicyclic amines) is 1. The average Bonchev–Trinajstić information content (AvgIpc) is 2.90. The number of amides is 1. The Morgan fingerprint density at radius 2 is 1.69 bits per heavy atom. The van der Waals surface area contributed by atoms with Gasteiger partial charge in [-0.3, -0.25) is 9.69 Å². The summed E-state index contributed by atoms with van der Waals surface area (Å²) in [5, 5.41) is 0. The summed E-state index contributed by atoms with van der Waals surface area (Å²) < 4.78 is 11.4. The van der Waals surface area contributed by atoms with E-state index in [2.05, 4.69) is 11.0 Å². The van der Waals surface area contributed by atoms with Crippen LogP contribution in [-0.4, -0.2) is 65.1 Å². The first-order valence-electron chi connectivity index (χ1n) is 12.4.